The van der Waals surface area contributed by atoms with Gasteiger partial charge in [-0.25, -0.2) is 0 Å². The quantitative estimate of drug-likeness (QED) is 0.689. The van der Waals surface area contributed by atoms with Gasteiger partial charge < -0.3 is 5.11 Å². The maximum atomic E-state index is 9.60. The van der Waals surface area contributed by atoms with Crippen molar-refractivity contribution < 1.29 is 27.3 Å². The van der Waals surface area contributed by atoms with E-state index in [1.54, 1.807) is 0 Å². The Hall–Kier alpha value is 0.292. The summed E-state index contributed by atoms with van der Waals surface area (Å²) in [4.78, 5) is 9.60. The van der Waals surface area contributed by atoms with E-state index in [1.165, 1.54) is 0 Å². The molecule has 0 radical (unpaired) electrons. The maximum Gasteiger partial charge on any atom is 0.303 e. The predicted molar refractivity (Wildman–Crippen MR) is 29.8 cm³/mol. The van der Waals surface area contributed by atoms with E-state index >= 15 is 0 Å². The van der Waals surface area contributed by atoms with Crippen LogP contribution < -0.4 is 0 Å². The fourth-order valence-corrected chi connectivity index (χ4v) is 0.214. The van der Waals surface area contributed by atoms with Crippen LogP contribution >= 0.6 is 12.4 Å². The topological polar surface area (TPSA) is 37.3 Å². The van der Waals surface area contributed by atoms with Crippen molar-refractivity contribution in [2.45, 2.75) is 19.8 Å². The fraction of sp³-hybridized carbons (Fsp3) is 0.750. The van der Waals surface area contributed by atoms with Gasteiger partial charge in [-0.3, -0.25) is 4.79 Å². The van der Waals surface area contributed by atoms with Gasteiger partial charge >= 0.3 is 5.97 Å². The van der Waals surface area contributed by atoms with Crippen LogP contribution in [0.5, 0.6) is 0 Å². The number of aliphatic carboxylic acids is 1. The van der Waals surface area contributed by atoms with Gasteiger partial charge in [0.15, 0.2) is 0 Å². The molecule has 0 aliphatic rings. The molecule has 0 fully saturated rings. The molecule has 0 aliphatic heterocycles. The van der Waals surface area contributed by atoms with Crippen LogP contribution in [0.4, 0.5) is 0 Å². The molecule has 4 heteroatoms. The molecular formula is C4H9ClCrO2. The molecule has 0 amide bonds. The second-order valence-corrected chi connectivity index (χ2v) is 1.14. The average molecular weight is 177 g/mol. The van der Waals surface area contributed by atoms with Crippen molar-refractivity contribution in [1.29, 1.82) is 0 Å². The van der Waals surface area contributed by atoms with Crippen LogP contribution in [0.2, 0.25) is 0 Å². The zero-order valence-corrected chi connectivity index (χ0v) is 6.68. The van der Waals surface area contributed by atoms with Gasteiger partial charge in [-0.1, -0.05) is 6.92 Å². The van der Waals surface area contributed by atoms with E-state index < -0.39 is 5.97 Å². The molecule has 0 aromatic rings. The summed E-state index contributed by atoms with van der Waals surface area (Å²) >= 11 is 0. The van der Waals surface area contributed by atoms with Crippen molar-refractivity contribution in [2.24, 2.45) is 0 Å². The summed E-state index contributed by atoms with van der Waals surface area (Å²) in [7, 11) is 0. The van der Waals surface area contributed by atoms with E-state index in [2.05, 4.69) is 0 Å². The van der Waals surface area contributed by atoms with Crippen molar-refractivity contribution in [3.8, 4) is 0 Å². The third-order valence-corrected chi connectivity index (χ3v) is 0.464. The molecule has 0 aromatic carbocycles. The first-order valence-electron chi connectivity index (χ1n) is 1.99. The van der Waals surface area contributed by atoms with Gasteiger partial charge in [0.25, 0.3) is 0 Å². The van der Waals surface area contributed by atoms with Crippen LogP contribution in [-0.2, 0) is 22.2 Å². The molecule has 2 nitrogen and oxygen atoms in total. The first-order chi connectivity index (χ1) is 2.77. The van der Waals surface area contributed by atoms with E-state index in [0.29, 0.717) is 6.42 Å². The molecule has 0 saturated carbocycles. The Balaban J connectivity index is -0.000000125. The Bertz CT molecular complexity index is 58.0. The second-order valence-electron chi connectivity index (χ2n) is 1.14. The molecule has 0 spiro atoms. The van der Waals surface area contributed by atoms with Gasteiger partial charge in [-0.2, -0.15) is 0 Å². The first kappa shape index (κ1) is 15.7. The number of carbonyl (C=O) groups is 1. The number of halogens is 1. The fourth-order valence-electron chi connectivity index (χ4n) is 0.214. The molecule has 0 aromatic heterocycles. The SMILES string of the molecule is CCCC(=O)O.Cl.[Cr]. The second kappa shape index (κ2) is 10.3. The van der Waals surface area contributed by atoms with Crippen molar-refractivity contribution in [3.63, 3.8) is 0 Å². The number of rotatable bonds is 2. The smallest absolute Gasteiger partial charge is 0.303 e. The van der Waals surface area contributed by atoms with Gasteiger partial charge in [0.05, 0.1) is 0 Å². The van der Waals surface area contributed by atoms with E-state index in [-0.39, 0.29) is 29.8 Å². The molecular weight excluding hydrogens is 167 g/mol. The number of hydrogen-bond donors (Lipinski definition) is 1. The molecule has 1 N–H and O–H groups in total. The van der Waals surface area contributed by atoms with E-state index in [9.17, 15) is 4.79 Å². The summed E-state index contributed by atoms with van der Waals surface area (Å²) in [5.74, 6) is -0.711. The average Bonchev–Trinajstić information content (AvgIpc) is 1.35. The number of carboxylic acid groups (broad SMARTS) is 1. The first-order valence-corrected chi connectivity index (χ1v) is 1.99. The van der Waals surface area contributed by atoms with Crippen LogP contribution in [0.25, 0.3) is 0 Å². The van der Waals surface area contributed by atoms with Crippen LogP contribution in [0, 0.1) is 0 Å². The molecule has 50 valence electrons. The molecule has 0 atom stereocenters. The van der Waals surface area contributed by atoms with Crippen LogP contribution in [0.1, 0.15) is 19.8 Å². The Kier molecular flexibility index (Phi) is 20.3. The predicted octanol–water partition coefficient (Wildman–Crippen LogP) is 1.29. The van der Waals surface area contributed by atoms with Crippen molar-refractivity contribution >= 4 is 18.4 Å². The molecule has 0 aliphatic carbocycles. The molecule has 0 saturated heterocycles. The molecule has 0 heterocycles. The van der Waals surface area contributed by atoms with E-state index in [0.717, 1.165) is 6.42 Å². The minimum atomic E-state index is -0.711. The summed E-state index contributed by atoms with van der Waals surface area (Å²) < 4.78 is 0. The molecule has 0 bridgehead atoms. The van der Waals surface area contributed by atoms with E-state index in [1.807, 2.05) is 6.92 Å². The summed E-state index contributed by atoms with van der Waals surface area (Å²) in [5, 5.41) is 7.91. The molecule has 8 heavy (non-hydrogen) atoms. The maximum absolute atomic E-state index is 9.60. The van der Waals surface area contributed by atoms with Gasteiger partial charge in [0.2, 0.25) is 0 Å². The Morgan fingerprint density at radius 1 is 1.62 bits per heavy atom. The summed E-state index contributed by atoms with van der Waals surface area (Å²) in [5.41, 5.74) is 0. The molecule has 0 rings (SSSR count). The summed E-state index contributed by atoms with van der Waals surface area (Å²) in [6.45, 7) is 1.84. The summed E-state index contributed by atoms with van der Waals surface area (Å²) in [6.07, 6.45) is 1.02. The number of hydrogen-bond acceptors (Lipinski definition) is 1. The van der Waals surface area contributed by atoms with Crippen LogP contribution in [0.3, 0.4) is 0 Å². The Morgan fingerprint density at radius 2 is 2.00 bits per heavy atom. The minimum Gasteiger partial charge on any atom is -0.481 e. The largest absolute Gasteiger partial charge is 0.481 e. The number of carboxylic acids is 1. The normalized spacial score (nSPS) is 6.12. The minimum absolute atomic E-state index is 0. The van der Waals surface area contributed by atoms with Crippen molar-refractivity contribution in [3.05, 3.63) is 0 Å². The van der Waals surface area contributed by atoms with Gasteiger partial charge in [0.1, 0.15) is 0 Å². The van der Waals surface area contributed by atoms with Gasteiger partial charge in [-0.05, 0) is 6.42 Å². The zero-order chi connectivity index (χ0) is 4.99. The standard InChI is InChI=1S/C4H8O2.ClH.Cr/c1-2-3-4(5)6;;/h2-3H2,1H3,(H,5,6);1H;. The van der Waals surface area contributed by atoms with Crippen LogP contribution in [0.15, 0.2) is 0 Å². The van der Waals surface area contributed by atoms with E-state index in [4.69, 9.17) is 5.11 Å². The third kappa shape index (κ3) is 16.3. The van der Waals surface area contributed by atoms with Crippen molar-refractivity contribution in [1.82, 2.24) is 0 Å². The zero-order valence-electron chi connectivity index (χ0n) is 4.59. The van der Waals surface area contributed by atoms with Gasteiger partial charge in [-0.15, -0.1) is 12.4 Å². The summed E-state index contributed by atoms with van der Waals surface area (Å²) in [6, 6.07) is 0. The monoisotopic (exact) mass is 176 g/mol. The van der Waals surface area contributed by atoms with Crippen molar-refractivity contribution in [2.75, 3.05) is 0 Å². The Labute approximate surface area is 65.8 Å². The molecule has 0 unspecified atom stereocenters. The Morgan fingerprint density at radius 3 is 2.00 bits per heavy atom. The van der Waals surface area contributed by atoms with Gasteiger partial charge in [0, 0.05) is 23.8 Å². The third-order valence-electron chi connectivity index (χ3n) is 0.464. The van der Waals surface area contributed by atoms with Crippen LogP contribution in [-0.4, -0.2) is 11.1 Å².